The Morgan fingerprint density at radius 2 is 1.05 bits per heavy atom. The van der Waals surface area contributed by atoms with Gasteiger partial charge in [0.2, 0.25) is 0 Å². The van der Waals surface area contributed by atoms with Crippen LogP contribution in [0.4, 0.5) is 0 Å². The van der Waals surface area contributed by atoms with Crippen molar-refractivity contribution < 1.29 is 0 Å². The van der Waals surface area contributed by atoms with Gasteiger partial charge in [-0.3, -0.25) is 0 Å². The lowest BCUT2D eigenvalue weighted by molar-refractivity contribution is 1.13. The van der Waals surface area contributed by atoms with Crippen LogP contribution < -0.4 is 0 Å². The number of hydrogen-bond donors (Lipinski definition) is 0. The highest BCUT2D eigenvalue weighted by Gasteiger charge is 2.54. The molecule has 0 N–H and O–H groups in total. The van der Waals surface area contributed by atoms with E-state index in [4.69, 9.17) is 0 Å². The van der Waals surface area contributed by atoms with Crippen molar-refractivity contribution in [1.29, 1.82) is 0 Å². The summed E-state index contributed by atoms with van der Waals surface area (Å²) in [6.45, 7) is 4.73. The predicted octanol–water partition coefficient (Wildman–Crippen LogP) is 3.82. The highest BCUT2D eigenvalue weighted by Crippen LogP contribution is 2.56. The minimum Gasteiger partial charge on any atom is -0.0762 e. The summed E-state index contributed by atoms with van der Waals surface area (Å²) in [5.41, 5.74) is 2.64. The predicted molar refractivity (Wildman–Crippen MR) is 86.5 cm³/mol. The van der Waals surface area contributed by atoms with Crippen molar-refractivity contribution in [2.24, 2.45) is 0 Å². The van der Waals surface area contributed by atoms with Gasteiger partial charge in [0.25, 0.3) is 0 Å². The number of fused-ring (bicyclic) bond motifs is 2. The van der Waals surface area contributed by atoms with Crippen LogP contribution in [-0.4, -0.2) is 8.07 Å². The summed E-state index contributed by atoms with van der Waals surface area (Å²) < 4.78 is 0. The van der Waals surface area contributed by atoms with Gasteiger partial charge in [-0.15, -0.1) is 0 Å². The zero-order valence-corrected chi connectivity index (χ0v) is 13.1. The molecule has 4 aliphatic carbocycles. The Hall–Kier alpha value is -0.823. The normalized spacial score (nSPS) is 28.7. The minimum absolute atomic E-state index is 1.16. The van der Waals surface area contributed by atoms with E-state index in [0.29, 0.717) is 0 Å². The smallest absolute Gasteiger partial charge is 0.0643 e. The van der Waals surface area contributed by atoms with E-state index in [2.05, 4.69) is 87.4 Å². The van der Waals surface area contributed by atoms with Crippen molar-refractivity contribution in [3.8, 4) is 0 Å². The topological polar surface area (TPSA) is 0 Å². The second-order valence-electron chi connectivity index (χ2n) is 5.97. The van der Waals surface area contributed by atoms with Crippen LogP contribution >= 0.6 is 0 Å². The molecule has 0 atom stereocenters. The summed E-state index contributed by atoms with van der Waals surface area (Å²) in [4.78, 5) is 0. The van der Waals surface area contributed by atoms with Gasteiger partial charge in [-0.2, -0.15) is 0 Å². The van der Waals surface area contributed by atoms with Gasteiger partial charge in [0.1, 0.15) is 0 Å². The lowest BCUT2D eigenvalue weighted by Gasteiger charge is -2.40. The third-order valence-corrected chi connectivity index (χ3v) is 7.58. The Bertz CT molecular complexity index is 476. The number of hydrogen-bond acceptors (Lipinski definition) is 0. The molecule has 0 aromatic rings. The van der Waals surface area contributed by atoms with Gasteiger partial charge >= 0.3 is 0 Å². The molecule has 0 amide bonds. The Kier molecular flexibility index (Phi) is 3.37. The third kappa shape index (κ3) is 2.16. The summed E-state index contributed by atoms with van der Waals surface area (Å²) in [5.74, 6) is 4.89. The molecule has 0 aromatic carbocycles. The maximum atomic E-state index is 3.41. The molecule has 98 valence electrons. The Balaban J connectivity index is 1.59. The van der Waals surface area contributed by atoms with Crippen molar-refractivity contribution in [3.63, 3.8) is 0 Å². The molecule has 2 saturated carbocycles. The molecule has 21 heavy (non-hydrogen) atoms. The Morgan fingerprint density at radius 1 is 0.619 bits per heavy atom. The first-order valence-electron chi connectivity index (χ1n) is 7.15. The minimum atomic E-state index is -1.85. The molecule has 1 heteroatoms. The maximum Gasteiger partial charge on any atom is 0.0643 e. The molecule has 14 radical (unpaired) electrons. The summed E-state index contributed by atoms with van der Waals surface area (Å²) in [6.07, 6.45) is 30.3. The third-order valence-electron chi connectivity index (χ3n) is 4.29. The zero-order chi connectivity index (χ0) is 14.4. The first-order valence-corrected chi connectivity index (χ1v) is 10.2. The quantitative estimate of drug-likeness (QED) is 0.675. The van der Waals surface area contributed by atoms with Crippen LogP contribution in [0.2, 0.25) is 13.1 Å². The fraction of sp³-hybridized carbons (Fsp3) is 0.100. The average molecular weight is 282 g/mol. The fourth-order valence-corrected chi connectivity index (χ4v) is 5.91. The van der Waals surface area contributed by atoms with Crippen LogP contribution in [0.5, 0.6) is 0 Å². The molecular formula is C20H14Si. The van der Waals surface area contributed by atoms with E-state index in [0.717, 1.165) is 11.8 Å². The Morgan fingerprint density at radius 3 is 1.52 bits per heavy atom. The number of allylic oxidation sites excluding steroid dienone is 8. The molecule has 0 spiro atoms. The van der Waals surface area contributed by atoms with Crippen LogP contribution in [0.1, 0.15) is 0 Å². The lowest BCUT2D eigenvalue weighted by Crippen LogP contribution is -2.45. The van der Waals surface area contributed by atoms with Gasteiger partial charge in [-0.1, -0.05) is 61.7 Å². The highest BCUT2D eigenvalue weighted by molar-refractivity contribution is 6.90. The molecule has 0 bridgehead atoms. The van der Waals surface area contributed by atoms with Gasteiger partial charge < -0.3 is 0 Å². The Labute approximate surface area is 130 Å². The van der Waals surface area contributed by atoms with E-state index >= 15 is 0 Å². The van der Waals surface area contributed by atoms with Gasteiger partial charge in [0, 0.05) is 36.5 Å². The van der Waals surface area contributed by atoms with Crippen molar-refractivity contribution >= 4 is 8.07 Å². The van der Waals surface area contributed by atoms with Crippen molar-refractivity contribution in [2.75, 3.05) is 0 Å². The van der Waals surface area contributed by atoms with Crippen LogP contribution in [0.3, 0.4) is 0 Å². The van der Waals surface area contributed by atoms with Crippen molar-refractivity contribution in [2.45, 2.75) is 13.1 Å². The monoisotopic (exact) mass is 282 g/mol. The summed E-state index contributed by atoms with van der Waals surface area (Å²) in [5, 5.41) is 0. The van der Waals surface area contributed by atoms with E-state index in [-0.39, 0.29) is 0 Å². The maximum absolute atomic E-state index is 3.41. The van der Waals surface area contributed by atoms with Crippen LogP contribution in [0.25, 0.3) is 0 Å². The second-order valence-corrected chi connectivity index (χ2v) is 10.2. The first-order chi connectivity index (χ1) is 10.2. The molecule has 4 rings (SSSR count). The molecule has 0 aliphatic heterocycles. The van der Waals surface area contributed by atoms with Gasteiger partial charge in [0.15, 0.2) is 0 Å². The average Bonchev–Trinajstić information content (AvgIpc) is 3.12. The summed E-state index contributed by atoms with van der Waals surface area (Å²) in [7, 11) is -1.85. The molecule has 0 heterocycles. The molecule has 0 saturated heterocycles. The van der Waals surface area contributed by atoms with Crippen molar-refractivity contribution in [1.82, 2.24) is 0 Å². The van der Waals surface area contributed by atoms with Crippen LogP contribution in [-0.2, 0) is 0 Å². The molecule has 0 unspecified atom stereocenters. The molecule has 2 fully saturated rings. The first kappa shape index (κ1) is 13.8. The van der Waals surface area contributed by atoms with E-state index in [9.17, 15) is 0 Å². The van der Waals surface area contributed by atoms with E-state index in [1.165, 1.54) is 22.9 Å². The molecule has 0 nitrogen and oxygen atoms in total. The SMILES string of the molecule is C[Si](C)([C]1[C][C][C]2C=CC=C[C]21)[C]1[C][C][C]2C=CC=C[C]21. The molecule has 4 aliphatic rings. The molecule has 0 aromatic heterocycles. The summed E-state index contributed by atoms with van der Waals surface area (Å²) >= 11 is 0. The lowest BCUT2D eigenvalue weighted by atomic mass is 9.91. The second kappa shape index (κ2) is 5.12. The van der Waals surface area contributed by atoms with Gasteiger partial charge in [0.05, 0.1) is 8.07 Å². The number of rotatable bonds is 2. The van der Waals surface area contributed by atoms with E-state index < -0.39 is 8.07 Å². The zero-order valence-electron chi connectivity index (χ0n) is 12.1. The van der Waals surface area contributed by atoms with Crippen molar-refractivity contribution in [3.05, 3.63) is 109 Å². The van der Waals surface area contributed by atoms with Crippen LogP contribution in [0, 0.1) is 60.4 Å². The fourth-order valence-electron chi connectivity index (χ4n) is 3.13. The standard InChI is InChI=1S/C20H14Si/c1-21(2,19-13-11-15-7-3-5-9-17(15)19)20-14-12-16-8-4-6-10-18(16)20/h3-10H,1-2H3. The van der Waals surface area contributed by atoms with Crippen LogP contribution in [0.15, 0.2) is 48.6 Å². The largest absolute Gasteiger partial charge is 0.0762 e. The van der Waals surface area contributed by atoms with Gasteiger partial charge in [-0.25, -0.2) is 0 Å². The summed E-state index contributed by atoms with van der Waals surface area (Å²) in [6, 6.07) is 0. The highest BCUT2D eigenvalue weighted by atomic mass is 28.3. The van der Waals surface area contributed by atoms with Gasteiger partial charge in [-0.05, 0) is 23.9 Å². The van der Waals surface area contributed by atoms with E-state index in [1.54, 1.807) is 0 Å². The van der Waals surface area contributed by atoms with E-state index in [1.807, 2.05) is 0 Å². The molecular weight excluding hydrogens is 268 g/mol.